The first kappa shape index (κ1) is 30.8. The first-order valence-corrected chi connectivity index (χ1v) is 19.4. The number of aliphatic imine (C=N–C) groups is 2. The van der Waals surface area contributed by atoms with E-state index in [0.717, 1.165) is 60.6 Å². The number of hydrogen-bond acceptors (Lipinski definition) is 4. The van der Waals surface area contributed by atoms with Crippen molar-refractivity contribution in [2.75, 3.05) is 0 Å². The molecule has 0 fully saturated rings. The van der Waals surface area contributed by atoms with Crippen LogP contribution in [-0.2, 0) is 5.41 Å². The molecule has 3 heterocycles. The SMILES string of the molecule is c1ccc2c(c1)-c1ccccc1C21c2ccccc2-c2cccc(C3N=C(c4ccc5oc6ccccc6c5c4)N=C(c4ccc5oc6ccccc6c5c4)[N-]3)c21. The molecule has 0 amide bonds. The van der Waals surface area contributed by atoms with E-state index in [-0.39, 0.29) is 0 Å². The Balaban J connectivity index is 1.06. The molecule has 5 nitrogen and oxygen atoms in total. The molecule has 0 saturated carbocycles. The van der Waals surface area contributed by atoms with Crippen LogP contribution in [0.4, 0.5) is 0 Å². The average molecular weight is 729 g/mol. The minimum absolute atomic E-state index is 0.543. The second kappa shape index (κ2) is 11.3. The van der Waals surface area contributed by atoms with Crippen molar-refractivity contribution in [3.8, 4) is 22.3 Å². The van der Waals surface area contributed by atoms with E-state index in [1.54, 1.807) is 0 Å². The van der Waals surface area contributed by atoms with Crippen LogP contribution in [0.5, 0.6) is 0 Å². The Labute approximate surface area is 327 Å². The fourth-order valence-electron chi connectivity index (χ4n) is 9.97. The molecule has 8 aromatic carbocycles. The predicted molar refractivity (Wildman–Crippen MR) is 229 cm³/mol. The molecule has 266 valence electrons. The highest BCUT2D eigenvalue weighted by atomic mass is 16.3. The zero-order chi connectivity index (χ0) is 37.2. The molecule has 13 rings (SSSR count). The van der Waals surface area contributed by atoms with Crippen LogP contribution < -0.4 is 0 Å². The molecule has 3 aliphatic rings. The summed E-state index contributed by atoms with van der Waals surface area (Å²) in [7, 11) is 0. The molecule has 1 unspecified atom stereocenters. The summed E-state index contributed by atoms with van der Waals surface area (Å²) < 4.78 is 12.5. The fourth-order valence-corrected chi connectivity index (χ4v) is 9.97. The zero-order valence-electron chi connectivity index (χ0n) is 30.5. The summed E-state index contributed by atoms with van der Waals surface area (Å²) in [6.45, 7) is 0. The number of benzene rings is 8. The van der Waals surface area contributed by atoms with Crippen LogP contribution in [0.25, 0.3) is 71.4 Å². The molecular weight excluding hydrogens is 699 g/mol. The van der Waals surface area contributed by atoms with Crippen molar-refractivity contribution in [1.29, 1.82) is 0 Å². The van der Waals surface area contributed by atoms with Crippen molar-refractivity contribution in [2.45, 2.75) is 11.6 Å². The van der Waals surface area contributed by atoms with Crippen LogP contribution in [0, 0.1) is 0 Å². The third kappa shape index (κ3) is 4.12. The average Bonchev–Trinajstić information content (AvgIpc) is 4.01. The summed E-state index contributed by atoms with van der Waals surface area (Å²) in [5.41, 5.74) is 15.8. The van der Waals surface area contributed by atoms with Crippen molar-refractivity contribution >= 4 is 55.5 Å². The highest BCUT2D eigenvalue weighted by Crippen LogP contribution is 2.64. The highest BCUT2D eigenvalue weighted by Gasteiger charge is 2.52. The molecule has 10 aromatic rings. The Hall–Kier alpha value is -7.50. The number of fused-ring (bicyclic) bond motifs is 16. The summed E-state index contributed by atoms with van der Waals surface area (Å²) in [6.07, 6.45) is -0.581. The van der Waals surface area contributed by atoms with Crippen LogP contribution in [0.15, 0.2) is 195 Å². The first-order chi connectivity index (χ1) is 28.2. The zero-order valence-corrected chi connectivity index (χ0v) is 30.5. The maximum atomic E-state index is 6.23. The molecule has 2 aliphatic carbocycles. The van der Waals surface area contributed by atoms with Crippen molar-refractivity contribution in [3.05, 3.63) is 220 Å². The van der Waals surface area contributed by atoms with Gasteiger partial charge in [-0.3, -0.25) is 4.99 Å². The van der Waals surface area contributed by atoms with Gasteiger partial charge >= 0.3 is 0 Å². The van der Waals surface area contributed by atoms with E-state index in [9.17, 15) is 0 Å². The molecular formula is C52H30N3O2-. The number of hydrogen-bond donors (Lipinski definition) is 0. The Bertz CT molecular complexity index is 3350. The van der Waals surface area contributed by atoms with Gasteiger partial charge in [0.25, 0.3) is 0 Å². The van der Waals surface area contributed by atoms with Gasteiger partial charge in [0.1, 0.15) is 22.3 Å². The van der Waals surface area contributed by atoms with Crippen molar-refractivity contribution < 1.29 is 8.83 Å². The Morgan fingerprint density at radius 1 is 0.439 bits per heavy atom. The van der Waals surface area contributed by atoms with Gasteiger partial charge in [0, 0.05) is 21.5 Å². The van der Waals surface area contributed by atoms with Crippen LogP contribution in [0.2, 0.25) is 0 Å². The van der Waals surface area contributed by atoms with Gasteiger partial charge in [-0.15, -0.1) is 0 Å². The monoisotopic (exact) mass is 728 g/mol. The molecule has 57 heavy (non-hydrogen) atoms. The summed E-state index contributed by atoms with van der Waals surface area (Å²) in [6, 6.07) is 62.2. The Morgan fingerprint density at radius 3 is 1.56 bits per heavy atom. The van der Waals surface area contributed by atoms with Gasteiger partial charge in [-0.1, -0.05) is 139 Å². The van der Waals surface area contributed by atoms with Gasteiger partial charge in [-0.05, 0) is 104 Å². The number of furan rings is 2. The van der Waals surface area contributed by atoms with Crippen LogP contribution >= 0.6 is 0 Å². The van der Waals surface area contributed by atoms with Crippen molar-refractivity contribution in [1.82, 2.24) is 0 Å². The third-order valence-corrected chi connectivity index (χ3v) is 12.3. The molecule has 2 aromatic heterocycles. The van der Waals surface area contributed by atoms with Gasteiger partial charge in [-0.2, -0.15) is 0 Å². The second-order valence-corrected chi connectivity index (χ2v) is 15.2. The number of nitrogens with zero attached hydrogens (tertiary/aromatic N) is 3. The number of para-hydroxylation sites is 2. The van der Waals surface area contributed by atoms with Crippen LogP contribution in [-0.4, -0.2) is 11.7 Å². The molecule has 0 N–H and O–H groups in total. The largest absolute Gasteiger partial charge is 0.456 e. The lowest BCUT2D eigenvalue weighted by molar-refractivity contribution is 0.668. The summed E-state index contributed by atoms with van der Waals surface area (Å²) in [5, 5.41) is 9.68. The second-order valence-electron chi connectivity index (χ2n) is 15.2. The van der Waals surface area contributed by atoms with E-state index < -0.39 is 11.6 Å². The summed E-state index contributed by atoms with van der Waals surface area (Å²) in [5.74, 6) is 1.26. The normalized spacial score (nSPS) is 16.0. The minimum atomic E-state index is -0.581. The van der Waals surface area contributed by atoms with Gasteiger partial charge in [0.15, 0.2) is 0 Å². The minimum Gasteiger partial charge on any atom is -0.456 e. The third-order valence-electron chi connectivity index (χ3n) is 12.3. The van der Waals surface area contributed by atoms with E-state index in [4.69, 9.17) is 24.1 Å². The van der Waals surface area contributed by atoms with E-state index in [1.807, 2.05) is 48.5 Å². The topological polar surface area (TPSA) is 65.1 Å². The predicted octanol–water partition coefficient (Wildman–Crippen LogP) is 13.1. The summed E-state index contributed by atoms with van der Waals surface area (Å²) >= 11 is 0. The van der Waals surface area contributed by atoms with E-state index >= 15 is 0 Å². The van der Waals surface area contributed by atoms with Crippen LogP contribution in [0.3, 0.4) is 0 Å². The molecule has 5 heteroatoms. The van der Waals surface area contributed by atoms with E-state index in [1.165, 1.54) is 44.5 Å². The molecule has 0 radical (unpaired) electrons. The van der Waals surface area contributed by atoms with Gasteiger partial charge in [0.2, 0.25) is 0 Å². The lowest BCUT2D eigenvalue weighted by atomic mass is 9.69. The van der Waals surface area contributed by atoms with Crippen LogP contribution in [0.1, 0.15) is 45.1 Å². The smallest absolute Gasteiger partial charge is 0.135 e. The molecule has 1 aliphatic heterocycles. The van der Waals surface area contributed by atoms with E-state index in [2.05, 4.69) is 127 Å². The van der Waals surface area contributed by atoms with Gasteiger partial charge in [0.05, 0.1) is 17.4 Å². The summed E-state index contributed by atoms with van der Waals surface area (Å²) in [4.78, 5) is 10.8. The fraction of sp³-hybridized carbons (Fsp3) is 0.0385. The number of rotatable bonds is 3. The standard InChI is InChI=1S/C52H30N3O2/c1-6-19-41-32(12-1)33-13-2-7-20-42(33)52(41)43-21-8-3-14-34(43)37-17-11-18-38(48(37)52)51-54-49(30-24-26-46-39(28-30)35-15-4-9-22-44(35)56-46)53-50(55-51)31-25-27-47-40(29-31)36-16-5-10-23-45(36)57-47/h1-29,51H/q-1. The molecule has 0 saturated heterocycles. The Kier molecular flexibility index (Phi) is 6.09. The maximum Gasteiger partial charge on any atom is 0.135 e. The van der Waals surface area contributed by atoms with E-state index in [0.29, 0.717) is 11.7 Å². The quantitative estimate of drug-likeness (QED) is 0.182. The van der Waals surface area contributed by atoms with Gasteiger partial charge in [-0.25, -0.2) is 0 Å². The number of amidine groups is 2. The lowest BCUT2D eigenvalue weighted by Gasteiger charge is -2.37. The highest BCUT2D eigenvalue weighted by molar-refractivity contribution is 6.21. The Morgan fingerprint density at radius 2 is 0.930 bits per heavy atom. The lowest BCUT2D eigenvalue weighted by Crippen LogP contribution is -2.28. The molecule has 0 bridgehead atoms. The molecule has 1 spiro atoms. The maximum absolute atomic E-state index is 6.23. The first-order valence-electron chi connectivity index (χ1n) is 19.4. The van der Waals surface area contributed by atoms with Crippen molar-refractivity contribution in [3.63, 3.8) is 0 Å². The van der Waals surface area contributed by atoms with Gasteiger partial charge < -0.3 is 19.1 Å². The molecule has 1 atom stereocenters. The van der Waals surface area contributed by atoms with Crippen molar-refractivity contribution in [2.24, 2.45) is 9.98 Å².